The lowest BCUT2D eigenvalue weighted by atomic mass is 10.1. The molecule has 0 aliphatic heterocycles. The maximum Gasteiger partial charge on any atom is 0.339 e. The molecule has 3 N–H and O–H groups in total. The lowest BCUT2D eigenvalue weighted by molar-refractivity contribution is 0.0222. The third-order valence-corrected chi connectivity index (χ3v) is 4.20. The molecule has 0 spiro atoms. The van der Waals surface area contributed by atoms with Gasteiger partial charge in [0.1, 0.15) is 0 Å². The lowest BCUT2D eigenvalue weighted by Crippen LogP contribution is -2.12. The molecule has 8 heteroatoms. The zero-order valence-electron chi connectivity index (χ0n) is 18.6. The van der Waals surface area contributed by atoms with Gasteiger partial charge in [0.2, 0.25) is 0 Å². The van der Waals surface area contributed by atoms with E-state index in [0.717, 1.165) is 19.3 Å². The largest absolute Gasteiger partial charge is 0.478 e. The molecule has 0 atom stereocenters. The van der Waals surface area contributed by atoms with Crippen LogP contribution in [-0.4, -0.2) is 73.5 Å². The maximum atomic E-state index is 11.9. The molecule has 31 heavy (non-hydrogen) atoms. The van der Waals surface area contributed by atoms with Crippen molar-refractivity contribution in [2.75, 3.05) is 46.2 Å². The van der Waals surface area contributed by atoms with Crippen molar-refractivity contribution in [2.24, 2.45) is 0 Å². The molecule has 8 nitrogen and oxygen atoms in total. The van der Waals surface area contributed by atoms with Gasteiger partial charge in [-0.05, 0) is 18.6 Å². The molecule has 0 bridgehead atoms. The Morgan fingerprint density at radius 1 is 0.742 bits per heavy atom. The van der Waals surface area contributed by atoms with Crippen LogP contribution in [0, 0.1) is 0 Å². The van der Waals surface area contributed by atoms with Crippen LogP contribution in [0.25, 0.3) is 0 Å². The fraction of sp³-hybridized carbons (Fsp3) is 0.652. The number of aromatic carboxylic acids is 1. The minimum Gasteiger partial charge on any atom is -0.478 e. The molecule has 0 radical (unpaired) electrons. The first kappa shape index (κ1) is 29.0. The van der Waals surface area contributed by atoms with Gasteiger partial charge < -0.3 is 29.5 Å². The topological polar surface area (TPSA) is 123 Å². The number of carboxylic acids is 1. The second-order valence-electron chi connectivity index (χ2n) is 6.78. The van der Waals surface area contributed by atoms with E-state index in [4.69, 9.17) is 29.5 Å². The van der Waals surface area contributed by atoms with Crippen LogP contribution in [-0.2, 0) is 14.2 Å². The standard InChI is InChI=1S/C17H24O4.C6H14O4/c1-2-3-4-5-6-7-10-13-21-17(20)15-12-9-8-11-14(15)16(18)19;7-1-3-9-5-6-10-4-2-8/h8-9,11-12H,2-7,10,13H2,1H3,(H,18,19);7-8H,1-6H2. The van der Waals surface area contributed by atoms with Crippen LogP contribution in [0.1, 0.15) is 72.6 Å². The summed E-state index contributed by atoms with van der Waals surface area (Å²) < 4.78 is 14.9. The fourth-order valence-electron chi connectivity index (χ4n) is 2.60. The molecule has 178 valence electrons. The number of hydrogen-bond acceptors (Lipinski definition) is 7. The quantitative estimate of drug-likeness (QED) is 0.248. The highest BCUT2D eigenvalue weighted by Crippen LogP contribution is 2.11. The van der Waals surface area contributed by atoms with Crippen molar-refractivity contribution in [2.45, 2.75) is 51.9 Å². The molecule has 0 aliphatic rings. The second-order valence-corrected chi connectivity index (χ2v) is 6.78. The van der Waals surface area contributed by atoms with Gasteiger partial charge >= 0.3 is 11.9 Å². The van der Waals surface area contributed by atoms with Crippen LogP contribution in [0.5, 0.6) is 0 Å². The van der Waals surface area contributed by atoms with E-state index in [0.29, 0.717) is 33.0 Å². The number of benzene rings is 1. The zero-order valence-corrected chi connectivity index (χ0v) is 18.6. The van der Waals surface area contributed by atoms with Gasteiger partial charge in [0.05, 0.1) is 57.4 Å². The summed E-state index contributed by atoms with van der Waals surface area (Å²) in [6.07, 6.45) is 8.03. The van der Waals surface area contributed by atoms with Gasteiger partial charge in [0.15, 0.2) is 0 Å². The summed E-state index contributed by atoms with van der Waals surface area (Å²) in [6.45, 7) is 4.26. The molecule has 0 unspecified atom stereocenters. The number of aliphatic hydroxyl groups is 2. The van der Waals surface area contributed by atoms with Crippen LogP contribution < -0.4 is 0 Å². The summed E-state index contributed by atoms with van der Waals surface area (Å²) in [5.41, 5.74) is 0.106. The number of hydrogen-bond donors (Lipinski definition) is 3. The first-order valence-corrected chi connectivity index (χ1v) is 10.9. The van der Waals surface area contributed by atoms with E-state index in [1.165, 1.54) is 37.8 Å². The van der Waals surface area contributed by atoms with Crippen LogP contribution in [0.4, 0.5) is 0 Å². The Hall–Kier alpha value is -2.00. The predicted molar refractivity (Wildman–Crippen MR) is 117 cm³/mol. The molecule has 1 rings (SSSR count). The molecule has 0 aliphatic carbocycles. The summed E-state index contributed by atoms with van der Waals surface area (Å²) >= 11 is 0. The third-order valence-electron chi connectivity index (χ3n) is 4.20. The molecule has 1 aromatic rings. The van der Waals surface area contributed by atoms with Gasteiger partial charge in [-0.15, -0.1) is 0 Å². The monoisotopic (exact) mass is 442 g/mol. The Morgan fingerprint density at radius 3 is 1.77 bits per heavy atom. The molecule has 0 saturated carbocycles. The van der Waals surface area contributed by atoms with E-state index < -0.39 is 11.9 Å². The van der Waals surface area contributed by atoms with E-state index in [-0.39, 0.29) is 24.3 Å². The van der Waals surface area contributed by atoms with E-state index in [1.807, 2.05) is 0 Å². The Morgan fingerprint density at radius 2 is 1.26 bits per heavy atom. The normalized spacial score (nSPS) is 10.3. The molecular weight excluding hydrogens is 404 g/mol. The Kier molecular flexibility index (Phi) is 19.9. The van der Waals surface area contributed by atoms with Crippen molar-refractivity contribution in [3.8, 4) is 0 Å². The number of aliphatic hydroxyl groups excluding tert-OH is 2. The summed E-state index contributed by atoms with van der Waals surface area (Å²) in [5, 5.41) is 25.5. The first-order chi connectivity index (χ1) is 15.1. The van der Waals surface area contributed by atoms with Crippen molar-refractivity contribution in [1.82, 2.24) is 0 Å². The Labute approximate surface area is 185 Å². The molecule has 0 saturated heterocycles. The molecule has 0 fully saturated rings. The number of rotatable bonds is 17. The highest BCUT2D eigenvalue weighted by Gasteiger charge is 2.16. The highest BCUT2D eigenvalue weighted by molar-refractivity contribution is 6.02. The first-order valence-electron chi connectivity index (χ1n) is 10.9. The van der Waals surface area contributed by atoms with Crippen LogP contribution in [0.3, 0.4) is 0 Å². The van der Waals surface area contributed by atoms with E-state index in [9.17, 15) is 9.59 Å². The van der Waals surface area contributed by atoms with Crippen molar-refractivity contribution >= 4 is 11.9 Å². The van der Waals surface area contributed by atoms with Crippen LogP contribution >= 0.6 is 0 Å². The molecule has 1 aromatic carbocycles. The summed E-state index contributed by atoms with van der Waals surface area (Å²) in [7, 11) is 0. The lowest BCUT2D eigenvalue weighted by Gasteiger charge is -2.07. The third kappa shape index (κ3) is 16.4. The number of carbonyl (C=O) groups is 2. The predicted octanol–water partition coefficient (Wildman–Crippen LogP) is 3.30. The fourth-order valence-corrected chi connectivity index (χ4v) is 2.60. The van der Waals surface area contributed by atoms with E-state index >= 15 is 0 Å². The summed E-state index contributed by atoms with van der Waals surface area (Å²) in [4.78, 5) is 22.9. The van der Waals surface area contributed by atoms with Gasteiger partial charge in [0.25, 0.3) is 0 Å². The molecule has 0 amide bonds. The highest BCUT2D eigenvalue weighted by atomic mass is 16.5. The van der Waals surface area contributed by atoms with Gasteiger partial charge in [-0.2, -0.15) is 0 Å². The Bertz CT molecular complexity index is 568. The second kappa shape index (κ2) is 21.2. The number of carbonyl (C=O) groups excluding carboxylic acids is 1. The van der Waals surface area contributed by atoms with Gasteiger partial charge in [-0.3, -0.25) is 0 Å². The zero-order chi connectivity index (χ0) is 23.2. The summed E-state index contributed by atoms with van der Waals surface area (Å²) in [6, 6.07) is 6.12. The summed E-state index contributed by atoms with van der Waals surface area (Å²) in [5.74, 6) is -1.67. The van der Waals surface area contributed by atoms with Gasteiger partial charge in [0, 0.05) is 0 Å². The average Bonchev–Trinajstić information content (AvgIpc) is 2.78. The van der Waals surface area contributed by atoms with Crippen LogP contribution in [0.2, 0.25) is 0 Å². The van der Waals surface area contributed by atoms with E-state index in [1.54, 1.807) is 12.1 Å². The average molecular weight is 443 g/mol. The minimum absolute atomic E-state index is 0.0120. The van der Waals surface area contributed by atoms with E-state index in [2.05, 4.69) is 6.92 Å². The minimum atomic E-state index is -1.11. The van der Waals surface area contributed by atoms with Crippen LogP contribution in [0.15, 0.2) is 24.3 Å². The van der Waals surface area contributed by atoms with Crippen molar-refractivity contribution < 1.29 is 39.1 Å². The molecule has 0 heterocycles. The Balaban J connectivity index is 0.000000759. The maximum absolute atomic E-state index is 11.9. The van der Waals surface area contributed by atoms with Gasteiger partial charge in [-0.1, -0.05) is 57.6 Å². The number of carboxylic acid groups (broad SMARTS) is 1. The number of esters is 1. The smallest absolute Gasteiger partial charge is 0.339 e. The molecule has 0 aromatic heterocycles. The number of unbranched alkanes of at least 4 members (excludes halogenated alkanes) is 6. The van der Waals surface area contributed by atoms with Crippen molar-refractivity contribution in [3.05, 3.63) is 35.4 Å². The molecular formula is C23H38O8. The van der Waals surface area contributed by atoms with Gasteiger partial charge in [-0.25, -0.2) is 9.59 Å². The van der Waals surface area contributed by atoms with Crippen molar-refractivity contribution in [3.63, 3.8) is 0 Å². The van der Waals surface area contributed by atoms with Crippen molar-refractivity contribution in [1.29, 1.82) is 0 Å². The SMILES string of the molecule is CCCCCCCCCOC(=O)c1ccccc1C(=O)O.OCCOCCOCCO. The number of ether oxygens (including phenoxy) is 3.